The Kier molecular flexibility index (Phi) is 3.84. The van der Waals surface area contributed by atoms with E-state index in [1.54, 1.807) is 0 Å². The van der Waals surface area contributed by atoms with E-state index >= 15 is 0 Å². The maximum absolute atomic E-state index is 12.2. The van der Waals surface area contributed by atoms with Crippen molar-refractivity contribution in [2.45, 2.75) is 19.5 Å². The van der Waals surface area contributed by atoms with Crippen LogP contribution in [0.15, 0.2) is 24.3 Å². The third kappa shape index (κ3) is 3.33. The molecule has 0 aromatic heterocycles. The monoisotopic (exact) mass is 150 g/mol. The first kappa shape index (κ1) is 9.27. The van der Waals surface area contributed by atoms with Gasteiger partial charge in [0.25, 0.3) is 0 Å². The highest BCUT2D eigenvalue weighted by Crippen LogP contribution is 2.16. The average Bonchev–Trinajstić information content (AvgIpc) is 1.87. The fraction of sp³-hybridized carbons (Fsp3) is 0.429. The SMILES string of the molecule is C=C(F)C(F)C/C(F)=C\C. The van der Waals surface area contributed by atoms with Gasteiger partial charge in [-0.05, 0) is 6.92 Å². The molecule has 0 spiro atoms. The number of hydrogen-bond donors (Lipinski definition) is 0. The first-order valence-corrected chi connectivity index (χ1v) is 2.87. The van der Waals surface area contributed by atoms with Gasteiger partial charge in [0, 0.05) is 6.42 Å². The third-order valence-corrected chi connectivity index (χ3v) is 1.03. The summed E-state index contributed by atoms with van der Waals surface area (Å²) in [6.07, 6.45) is -1.36. The van der Waals surface area contributed by atoms with Crippen LogP contribution in [0.5, 0.6) is 0 Å². The minimum absolute atomic E-state index is 0.550. The van der Waals surface area contributed by atoms with E-state index in [0.717, 1.165) is 6.08 Å². The Hall–Kier alpha value is -0.730. The van der Waals surface area contributed by atoms with Crippen LogP contribution < -0.4 is 0 Å². The Morgan fingerprint density at radius 1 is 1.60 bits per heavy atom. The molecule has 0 aliphatic heterocycles. The van der Waals surface area contributed by atoms with Crippen LogP contribution in [0.2, 0.25) is 0 Å². The van der Waals surface area contributed by atoms with E-state index in [9.17, 15) is 13.2 Å². The van der Waals surface area contributed by atoms with E-state index in [0.29, 0.717) is 0 Å². The third-order valence-electron chi connectivity index (χ3n) is 1.03. The lowest BCUT2D eigenvalue weighted by Gasteiger charge is -2.00. The van der Waals surface area contributed by atoms with E-state index in [1.807, 2.05) is 0 Å². The first-order chi connectivity index (χ1) is 4.57. The standard InChI is InChI=1S/C7H9F3/c1-3-6(9)4-7(10)5(2)8/h3,7H,2,4H2,1H3/b6-3+. The Balaban J connectivity index is 3.80. The molecule has 0 amide bonds. The van der Waals surface area contributed by atoms with Gasteiger partial charge in [0.15, 0.2) is 6.17 Å². The fourth-order valence-corrected chi connectivity index (χ4v) is 0.400. The molecule has 0 radical (unpaired) electrons. The van der Waals surface area contributed by atoms with Crippen molar-refractivity contribution in [1.82, 2.24) is 0 Å². The van der Waals surface area contributed by atoms with Crippen LogP contribution in [0.4, 0.5) is 13.2 Å². The van der Waals surface area contributed by atoms with Crippen LogP contribution in [0.1, 0.15) is 13.3 Å². The molecular formula is C7H9F3. The molecule has 0 N–H and O–H groups in total. The molecule has 0 saturated heterocycles. The summed E-state index contributed by atoms with van der Waals surface area (Å²) in [5.74, 6) is -1.79. The van der Waals surface area contributed by atoms with Crippen molar-refractivity contribution in [2.24, 2.45) is 0 Å². The molecule has 0 heterocycles. The summed E-state index contributed by atoms with van der Waals surface area (Å²) in [7, 11) is 0. The second kappa shape index (κ2) is 4.14. The molecule has 58 valence electrons. The number of alkyl halides is 1. The van der Waals surface area contributed by atoms with Crippen LogP contribution in [0.25, 0.3) is 0 Å². The molecule has 0 saturated carbocycles. The molecule has 0 aromatic carbocycles. The zero-order valence-electron chi connectivity index (χ0n) is 5.70. The van der Waals surface area contributed by atoms with Crippen LogP contribution >= 0.6 is 0 Å². The fourth-order valence-electron chi connectivity index (χ4n) is 0.400. The van der Waals surface area contributed by atoms with Gasteiger partial charge in [-0.2, -0.15) is 0 Å². The highest BCUT2D eigenvalue weighted by Gasteiger charge is 2.11. The Bertz CT molecular complexity index is 149. The summed E-state index contributed by atoms with van der Waals surface area (Å²) >= 11 is 0. The summed E-state index contributed by atoms with van der Waals surface area (Å²) in [4.78, 5) is 0. The summed E-state index contributed by atoms with van der Waals surface area (Å²) in [5, 5.41) is 0. The molecular weight excluding hydrogens is 141 g/mol. The van der Waals surface area contributed by atoms with Gasteiger partial charge in [-0.15, -0.1) is 0 Å². The molecule has 0 bridgehead atoms. The van der Waals surface area contributed by atoms with Gasteiger partial charge in [0.1, 0.15) is 5.83 Å². The first-order valence-electron chi connectivity index (χ1n) is 2.87. The van der Waals surface area contributed by atoms with Crippen LogP contribution in [0, 0.1) is 0 Å². The second-order valence-corrected chi connectivity index (χ2v) is 1.85. The van der Waals surface area contributed by atoms with Crippen molar-refractivity contribution in [3.8, 4) is 0 Å². The van der Waals surface area contributed by atoms with Crippen molar-refractivity contribution in [3.05, 3.63) is 24.3 Å². The van der Waals surface area contributed by atoms with Crippen molar-refractivity contribution in [2.75, 3.05) is 0 Å². The lowest BCUT2D eigenvalue weighted by atomic mass is 10.2. The molecule has 10 heavy (non-hydrogen) atoms. The van der Waals surface area contributed by atoms with Gasteiger partial charge in [0.05, 0.1) is 5.83 Å². The van der Waals surface area contributed by atoms with Gasteiger partial charge >= 0.3 is 0 Å². The van der Waals surface area contributed by atoms with Crippen LogP contribution in [-0.2, 0) is 0 Å². The average molecular weight is 150 g/mol. The number of halogens is 3. The smallest absolute Gasteiger partial charge is 0.157 e. The van der Waals surface area contributed by atoms with E-state index in [4.69, 9.17) is 0 Å². The maximum atomic E-state index is 12.2. The normalized spacial score (nSPS) is 15.0. The molecule has 0 nitrogen and oxygen atoms in total. The van der Waals surface area contributed by atoms with Gasteiger partial charge < -0.3 is 0 Å². The largest absolute Gasteiger partial charge is 0.239 e. The van der Waals surface area contributed by atoms with Crippen molar-refractivity contribution in [1.29, 1.82) is 0 Å². The summed E-state index contributed by atoms with van der Waals surface area (Å²) < 4.78 is 36.2. The van der Waals surface area contributed by atoms with Crippen LogP contribution in [-0.4, -0.2) is 6.17 Å². The van der Waals surface area contributed by atoms with Crippen molar-refractivity contribution >= 4 is 0 Å². The lowest BCUT2D eigenvalue weighted by molar-refractivity contribution is 0.310. The number of hydrogen-bond acceptors (Lipinski definition) is 0. The van der Waals surface area contributed by atoms with Gasteiger partial charge in [0.2, 0.25) is 0 Å². The van der Waals surface area contributed by atoms with Crippen molar-refractivity contribution < 1.29 is 13.2 Å². The number of allylic oxidation sites excluding steroid dienone is 3. The molecule has 0 aliphatic carbocycles. The van der Waals surface area contributed by atoms with Crippen LogP contribution in [0.3, 0.4) is 0 Å². The molecule has 1 unspecified atom stereocenters. The molecule has 3 heteroatoms. The summed E-state index contributed by atoms with van der Waals surface area (Å²) in [5.41, 5.74) is 0. The van der Waals surface area contributed by atoms with E-state index < -0.39 is 24.2 Å². The quantitative estimate of drug-likeness (QED) is 0.580. The van der Waals surface area contributed by atoms with Gasteiger partial charge in [-0.25, -0.2) is 13.2 Å². The Morgan fingerprint density at radius 3 is 2.40 bits per heavy atom. The van der Waals surface area contributed by atoms with Crippen molar-refractivity contribution in [3.63, 3.8) is 0 Å². The van der Waals surface area contributed by atoms with Gasteiger partial charge in [-0.3, -0.25) is 0 Å². The van der Waals surface area contributed by atoms with E-state index in [-0.39, 0.29) is 0 Å². The minimum Gasteiger partial charge on any atom is -0.239 e. The Labute approximate surface area is 58.0 Å². The predicted molar refractivity (Wildman–Crippen MR) is 34.6 cm³/mol. The molecule has 0 fully saturated rings. The molecule has 1 atom stereocenters. The Morgan fingerprint density at radius 2 is 2.10 bits per heavy atom. The highest BCUT2D eigenvalue weighted by molar-refractivity contribution is 4.99. The highest BCUT2D eigenvalue weighted by atomic mass is 19.2. The molecule has 0 aliphatic rings. The second-order valence-electron chi connectivity index (χ2n) is 1.85. The zero-order valence-corrected chi connectivity index (χ0v) is 5.70. The molecule has 0 rings (SSSR count). The lowest BCUT2D eigenvalue weighted by Crippen LogP contribution is -1.99. The summed E-state index contributed by atoms with van der Waals surface area (Å²) in [6, 6.07) is 0. The molecule has 0 aromatic rings. The van der Waals surface area contributed by atoms with E-state index in [2.05, 4.69) is 6.58 Å². The minimum atomic E-state index is -1.91. The maximum Gasteiger partial charge on any atom is 0.157 e. The number of rotatable bonds is 3. The summed E-state index contributed by atoms with van der Waals surface area (Å²) in [6.45, 7) is 4.13. The van der Waals surface area contributed by atoms with Gasteiger partial charge in [-0.1, -0.05) is 12.7 Å². The zero-order chi connectivity index (χ0) is 8.15. The predicted octanol–water partition coefficient (Wildman–Crippen LogP) is 3.07. The van der Waals surface area contributed by atoms with E-state index in [1.165, 1.54) is 6.92 Å². The topological polar surface area (TPSA) is 0 Å².